The molecule has 0 aromatic heterocycles. The van der Waals surface area contributed by atoms with Gasteiger partial charge in [0.25, 0.3) is 0 Å². The van der Waals surface area contributed by atoms with Gasteiger partial charge in [0.05, 0.1) is 26.1 Å². The summed E-state index contributed by atoms with van der Waals surface area (Å²) < 4.78 is 10.4. The number of piperidine rings is 2. The van der Waals surface area contributed by atoms with Gasteiger partial charge in [-0.15, -0.1) is 0 Å². The molecule has 4 rings (SSSR count). The Hall–Kier alpha value is -2.70. The first kappa shape index (κ1) is 24.4. The maximum absolute atomic E-state index is 12.8. The number of hydrogen-bond donors (Lipinski definition) is 2. The van der Waals surface area contributed by atoms with E-state index in [1.807, 2.05) is 24.3 Å². The molecular formula is C28H36N2O4. The van der Waals surface area contributed by atoms with E-state index in [4.69, 9.17) is 9.47 Å². The minimum absolute atomic E-state index is 0.0730. The molecule has 0 spiro atoms. The molecule has 0 radical (unpaired) electrons. The van der Waals surface area contributed by atoms with Gasteiger partial charge in [0.15, 0.2) is 0 Å². The van der Waals surface area contributed by atoms with Crippen molar-refractivity contribution in [1.29, 1.82) is 0 Å². The Morgan fingerprint density at radius 2 is 1.18 bits per heavy atom. The standard InChI is InChI=1S/C28H36N2O4/c1-33-27(31)25(23-13-3-5-15-29-23)21-11-7-9-19(17-21)20-10-8-12-22(18-20)26(28(32)34-2)24-14-4-6-16-30-24/h7-12,17-18,23-26,29-30H,3-6,13-16H2,1-2H3. The van der Waals surface area contributed by atoms with Crippen molar-refractivity contribution in [3.63, 3.8) is 0 Å². The molecule has 2 aromatic carbocycles. The fourth-order valence-electron chi connectivity index (χ4n) is 5.47. The predicted molar refractivity (Wildman–Crippen MR) is 133 cm³/mol. The summed E-state index contributed by atoms with van der Waals surface area (Å²) in [5, 5.41) is 7.02. The Bertz CT molecular complexity index is 900. The van der Waals surface area contributed by atoms with Crippen LogP contribution in [0.5, 0.6) is 0 Å². The number of methoxy groups -OCH3 is 2. The van der Waals surface area contributed by atoms with E-state index in [9.17, 15) is 9.59 Å². The highest BCUT2D eigenvalue weighted by Gasteiger charge is 2.33. The van der Waals surface area contributed by atoms with E-state index in [1.54, 1.807) is 0 Å². The van der Waals surface area contributed by atoms with Crippen LogP contribution in [0.15, 0.2) is 48.5 Å². The SMILES string of the molecule is COC(=O)C(c1cccc(-c2cccc(C(C(=O)OC)C3CCCCN3)c2)c1)C1CCCCN1. The second kappa shape index (κ2) is 11.6. The fraction of sp³-hybridized carbons (Fsp3) is 0.500. The van der Waals surface area contributed by atoms with E-state index >= 15 is 0 Å². The van der Waals surface area contributed by atoms with Crippen LogP contribution < -0.4 is 10.6 Å². The Labute approximate surface area is 202 Å². The van der Waals surface area contributed by atoms with Gasteiger partial charge in [-0.25, -0.2) is 0 Å². The van der Waals surface area contributed by atoms with Crippen molar-refractivity contribution in [3.8, 4) is 11.1 Å². The molecule has 0 saturated carbocycles. The fourth-order valence-corrected chi connectivity index (χ4v) is 5.47. The quantitative estimate of drug-likeness (QED) is 0.600. The van der Waals surface area contributed by atoms with E-state index < -0.39 is 0 Å². The van der Waals surface area contributed by atoms with E-state index in [-0.39, 0.29) is 35.9 Å². The number of nitrogens with one attached hydrogen (secondary N) is 2. The van der Waals surface area contributed by atoms with Crippen molar-refractivity contribution in [2.45, 2.75) is 62.4 Å². The second-order valence-electron chi connectivity index (χ2n) is 9.37. The van der Waals surface area contributed by atoms with E-state index in [0.29, 0.717) is 0 Å². The first-order chi connectivity index (χ1) is 16.6. The lowest BCUT2D eigenvalue weighted by atomic mass is 9.84. The largest absolute Gasteiger partial charge is 0.469 e. The maximum atomic E-state index is 12.8. The normalized spacial score (nSPS) is 22.4. The van der Waals surface area contributed by atoms with Crippen LogP contribution in [-0.2, 0) is 19.1 Å². The van der Waals surface area contributed by atoms with Crippen molar-refractivity contribution in [1.82, 2.24) is 10.6 Å². The summed E-state index contributed by atoms with van der Waals surface area (Å²) in [6, 6.07) is 16.4. The molecule has 2 aliphatic rings. The van der Waals surface area contributed by atoms with Crippen LogP contribution in [0.3, 0.4) is 0 Å². The zero-order valence-electron chi connectivity index (χ0n) is 20.2. The predicted octanol–water partition coefficient (Wildman–Crippen LogP) is 4.15. The van der Waals surface area contributed by atoms with Gasteiger partial charge in [0, 0.05) is 12.1 Å². The number of rotatable bonds is 7. The van der Waals surface area contributed by atoms with Gasteiger partial charge < -0.3 is 20.1 Å². The molecular weight excluding hydrogens is 428 g/mol. The number of carbonyl (C=O) groups is 2. The third kappa shape index (κ3) is 5.50. The van der Waals surface area contributed by atoms with Crippen LogP contribution in [0.4, 0.5) is 0 Å². The average molecular weight is 465 g/mol. The lowest BCUT2D eigenvalue weighted by molar-refractivity contribution is -0.144. The molecule has 34 heavy (non-hydrogen) atoms. The second-order valence-corrected chi connectivity index (χ2v) is 9.37. The lowest BCUT2D eigenvalue weighted by Gasteiger charge is -2.30. The van der Waals surface area contributed by atoms with E-state index in [1.165, 1.54) is 14.2 Å². The summed E-state index contributed by atoms with van der Waals surface area (Å²) in [6.07, 6.45) is 6.39. The van der Waals surface area contributed by atoms with Crippen LogP contribution in [-0.4, -0.2) is 51.3 Å². The zero-order valence-corrected chi connectivity index (χ0v) is 20.2. The van der Waals surface area contributed by atoms with Gasteiger partial charge in [-0.3, -0.25) is 9.59 Å². The van der Waals surface area contributed by atoms with Crippen molar-refractivity contribution in [2.24, 2.45) is 0 Å². The summed E-state index contributed by atoms with van der Waals surface area (Å²) in [5.41, 5.74) is 3.94. The molecule has 0 amide bonds. The van der Waals surface area contributed by atoms with Gasteiger partial charge in [-0.1, -0.05) is 61.4 Å². The van der Waals surface area contributed by atoms with Gasteiger partial charge >= 0.3 is 11.9 Å². The summed E-state index contributed by atoms with van der Waals surface area (Å²) in [5.74, 6) is -1.11. The summed E-state index contributed by atoms with van der Waals surface area (Å²) in [6.45, 7) is 1.84. The smallest absolute Gasteiger partial charge is 0.314 e. The van der Waals surface area contributed by atoms with E-state index in [2.05, 4.69) is 34.9 Å². The maximum Gasteiger partial charge on any atom is 0.314 e. The minimum Gasteiger partial charge on any atom is -0.469 e. The van der Waals surface area contributed by atoms with Gasteiger partial charge in [0.1, 0.15) is 0 Å². The topological polar surface area (TPSA) is 76.7 Å². The highest BCUT2D eigenvalue weighted by Crippen LogP contribution is 2.33. The molecule has 4 atom stereocenters. The number of hydrogen-bond acceptors (Lipinski definition) is 6. The van der Waals surface area contributed by atoms with Crippen molar-refractivity contribution in [3.05, 3.63) is 59.7 Å². The summed E-state index contributed by atoms with van der Waals surface area (Å²) in [4.78, 5) is 25.5. The summed E-state index contributed by atoms with van der Waals surface area (Å²) >= 11 is 0. The molecule has 0 aliphatic carbocycles. The molecule has 0 bridgehead atoms. The molecule has 2 heterocycles. The number of benzene rings is 2. The van der Waals surface area contributed by atoms with Gasteiger partial charge in [0.2, 0.25) is 0 Å². The monoisotopic (exact) mass is 464 g/mol. The van der Waals surface area contributed by atoms with Crippen molar-refractivity contribution < 1.29 is 19.1 Å². The Morgan fingerprint density at radius 1 is 0.735 bits per heavy atom. The molecule has 6 nitrogen and oxygen atoms in total. The first-order valence-corrected chi connectivity index (χ1v) is 12.4. The highest BCUT2D eigenvalue weighted by atomic mass is 16.5. The van der Waals surface area contributed by atoms with Gasteiger partial charge in [-0.2, -0.15) is 0 Å². The average Bonchev–Trinajstić information content (AvgIpc) is 2.90. The number of esters is 2. The van der Waals surface area contributed by atoms with Crippen molar-refractivity contribution >= 4 is 11.9 Å². The Morgan fingerprint density at radius 3 is 1.53 bits per heavy atom. The Balaban J connectivity index is 1.66. The minimum atomic E-state index is -0.345. The third-order valence-corrected chi connectivity index (χ3v) is 7.24. The number of ether oxygens (including phenoxy) is 2. The molecule has 2 fully saturated rings. The lowest BCUT2D eigenvalue weighted by Crippen LogP contribution is -2.42. The van der Waals surface area contributed by atoms with Crippen LogP contribution in [0.25, 0.3) is 11.1 Å². The molecule has 2 saturated heterocycles. The molecule has 2 aliphatic heterocycles. The van der Waals surface area contributed by atoms with Gasteiger partial charge in [-0.05, 0) is 61.0 Å². The molecule has 2 N–H and O–H groups in total. The van der Waals surface area contributed by atoms with Crippen LogP contribution in [0, 0.1) is 0 Å². The highest BCUT2D eigenvalue weighted by molar-refractivity contribution is 5.81. The van der Waals surface area contributed by atoms with Crippen LogP contribution >= 0.6 is 0 Å². The van der Waals surface area contributed by atoms with Crippen molar-refractivity contribution in [2.75, 3.05) is 27.3 Å². The van der Waals surface area contributed by atoms with E-state index in [0.717, 1.165) is 73.9 Å². The van der Waals surface area contributed by atoms with Crippen LogP contribution in [0.2, 0.25) is 0 Å². The molecule has 2 aromatic rings. The third-order valence-electron chi connectivity index (χ3n) is 7.24. The number of carbonyl (C=O) groups excluding carboxylic acids is 2. The molecule has 4 unspecified atom stereocenters. The first-order valence-electron chi connectivity index (χ1n) is 12.4. The van der Waals surface area contributed by atoms with Crippen LogP contribution in [0.1, 0.15) is 61.5 Å². The molecule has 182 valence electrons. The Kier molecular flexibility index (Phi) is 8.35. The summed E-state index contributed by atoms with van der Waals surface area (Å²) in [7, 11) is 2.91. The zero-order chi connectivity index (χ0) is 23.9. The molecule has 6 heteroatoms.